The van der Waals surface area contributed by atoms with Crippen LogP contribution in [-0.4, -0.2) is 57.4 Å². The molecule has 1 aromatic rings. The molecule has 26 heavy (non-hydrogen) atoms. The number of imidazole rings is 1. The minimum absolute atomic E-state index is 0.0227. The highest BCUT2D eigenvalue weighted by molar-refractivity contribution is 5.94. The third-order valence-corrected chi connectivity index (χ3v) is 2.93. The number of aromatic nitrogens is 2. The van der Waals surface area contributed by atoms with Gasteiger partial charge in [-0.15, -0.1) is 0 Å². The molecule has 0 saturated heterocycles. The maximum Gasteiger partial charge on any atom is 0.420 e. The molecule has 1 rings (SSSR count). The number of ether oxygens (including phenoxy) is 3. The lowest BCUT2D eigenvalue weighted by atomic mass is 10.1. The number of carbonyl (C=O) groups excluding carboxylic acids is 3. The van der Waals surface area contributed by atoms with Gasteiger partial charge >= 0.3 is 18.2 Å². The van der Waals surface area contributed by atoms with Crippen molar-refractivity contribution in [3.05, 3.63) is 18.2 Å². The van der Waals surface area contributed by atoms with Crippen LogP contribution >= 0.6 is 0 Å². The van der Waals surface area contributed by atoms with Gasteiger partial charge in [0.2, 0.25) is 0 Å². The number of rotatable bonds is 4. The first-order chi connectivity index (χ1) is 11.8. The largest absolute Gasteiger partial charge is 0.467 e. The predicted molar refractivity (Wildman–Crippen MR) is 92.4 cm³/mol. The standard InChI is InChI=1S/C17H27N3O6/c1-16(2,3)25-14(22)20(15(23)26-17(4,5)6)12(13(21)24-7)8-11-9-18-10-19-11/h9-10,12H,8H2,1-7H3,(H,18,19)/t12-/m0/s1. The van der Waals surface area contributed by atoms with Crippen molar-refractivity contribution >= 4 is 18.2 Å². The zero-order valence-electron chi connectivity index (χ0n) is 16.3. The summed E-state index contributed by atoms with van der Waals surface area (Å²) in [6, 6.07) is -1.27. The first kappa shape index (κ1) is 21.5. The topological polar surface area (TPSA) is 111 Å². The number of esters is 1. The maximum atomic E-state index is 12.6. The van der Waals surface area contributed by atoms with Crippen molar-refractivity contribution < 1.29 is 28.6 Å². The normalized spacial score (nSPS) is 12.9. The second kappa shape index (κ2) is 8.20. The zero-order valence-corrected chi connectivity index (χ0v) is 16.3. The predicted octanol–water partition coefficient (Wildman–Crippen LogP) is 2.67. The molecular weight excluding hydrogens is 342 g/mol. The van der Waals surface area contributed by atoms with Gasteiger partial charge in [0, 0.05) is 18.3 Å². The lowest BCUT2D eigenvalue weighted by molar-refractivity contribution is -0.146. The van der Waals surface area contributed by atoms with Crippen molar-refractivity contribution in [1.29, 1.82) is 0 Å². The SMILES string of the molecule is COC(=O)[C@H](Cc1cnc[nH]1)N(C(=O)OC(C)(C)C)C(=O)OC(C)(C)C. The number of aromatic amines is 1. The van der Waals surface area contributed by atoms with Gasteiger partial charge in [0.25, 0.3) is 0 Å². The molecule has 0 aliphatic rings. The van der Waals surface area contributed by atoms with Gasteiger partial charge < -0.3 is 19.2 Å². The Balaban J connectivity index is 3.24. The molecule has 0 aliphatic heterocycles. The van der Waals surface area contributed by atoms with Crippen molar-refractivity contribution in [2.24, 2.45) is 0 Å². The van der Waals surface area contributed by atoms with Crippen molar-refractivity contribution in [3.8, 4) is 0 Å². The van der Waals surface area contributed by atoms with Crippen LogP contribution in [-0.2, 0) is 25.4 Å². The van der Waals surface area contributed by atoms with Crippen LogP contribution in [0.5, 0.6) is 0 Å². The number of methoxy groups -OCH3 is 1. The Labute approximate surface area is 153 Å². The Bertz CT molecular complexity index is 600. The summed E-state index contributed by atoms with van der Waals surface area (Å²) in [7, 11) is 1.17. The van der Waals surface area contributed by atoms with Gasteiger partial charge in [-0.3, -0.25) is 0 Å². The highest BCUT2D eigenvalue weighted by atomic mass is 16.6. The van der Waals surface area contributed by atoms with Crippen LogP contribution in [0.3, 0.4) is 0 Å². The Morgan fingerprint density at radius 2 is 1.58 bits per heavy atom. The van der Waals surface area contributed by atoms with Crippen LogP contribution < -0.4 is 0 Å². The molecular formula is C17H27N3O6. The highest BCUT2D eigenvalue weighted by Crippen LogP contribution is 2.19. The molecule has 1 aromatic heterocycles. The second-order valence-corrected chi connectivity index (χ2v) is 7.65. The molecule has 2 amide bonds. The number of hydrogen-bond donors (Lipinski definition) is 1. The third-order valence-electron chi connectivity index (χ3n) is 2.93. The molecule has 0 fully saturated rings. The van der Waals surface area contributed by atoms with Gasteiger partial charge in [-0.25, -0.2) is 19.4 Å². The van der Waals surface area contributed by atoms with Gasteiger partial charge in [0.1, 0.15) is 17.2 Å². The van der Waals surface area contributed by atoms with Crippen LogP contribution in [0.4, 0.5) is 9.59 Å². The van der Waals surface area contributed by atoms with E-state index in [1.165, 1.54) is 19.6 Å². The summed E-state index contributed by atoms with van der Waals surface area (Å²) in [4.78, 5) is 44.9. The van der Waals surface area contributed by atoms with E-state index in [1.807, 2.05) is 0 Å². The number of carbonyl (C=O) groups is 3. The van der Waals surface area contributed by atoms with Gasteiger partial charge in [-0.2, -0.15) is 4.90 Å². The average molecular weight is 369 g/mol. The van der Waals surface area contributed by atoms with E-state index in [0.717, 1.165) is 0 Å². The molecule has 0 saturated carbocycles. The fourth-order valence-electron chi connectivity index (χ4n) is 1.97. The van der Waals surface area contributed by atoms with Crippen molar-refractivity contribution in [3.63, 3.8) is 0 Å². The molecule has 0 aliphatic carbocycles. The van der Waals surface area contributed by atoms with Gasteiger partial charge in [0.05, 0.1) is 13.4 Å². The van der Waals surface area contributed by atoms with Crippen LogP contribution in [0.25, 0.3) is 0 Å². The molecule has 0 unspecified atom stereocenters. The molecule has 1 atom stereocenters. The smallest absolute Gasteiger partial charge is 0.420 e. The summed E-state index contributed by atoms with van der Waals surface area (Å²) in [6.07, 6.45) is 0.890. The zero-order chi connectivity index (χ0) is 20.1. The molecule has 0 spiro atoms. The van der Waals surface area contributed by atoms with E-state index in [2.05, 4.69) is 9.97 Å². The van der Waals surface area contributed by atoms with Crippen LogP contribution in [0.2, 0.25) is 0 Å². The molecule has 0 radical (unpaired) electrons. The van der Waals surface area contributed by atoms with Gasteiger partial charge in [0.15, 0.2) is 0 Å². The number of imide groups is 1. The van der Waals surface area contributed by atoms with E-state index in [9.17, 15) is 14.4 Å². The Morgan fingerprint density at radius 3 is 1.92 bits per heavy atom. The quantitative estimate of drug-likeness (QED) is 0.641. The summed E-state index contributed by atoms with van der Waals surface area (Å²) in [5, 5.41) is 0. The molecule has 1 heterocycles. The minimum atomic E-state index is -1.27. The second-order valence-electron chi connectivity index (χ2n) is 7.65. The minimum Gasteiger partial charge on any atom is -0.467 e. The number of nitrogens with zero attached hydrogens (tertiary/aromatic N) is 2. The van der Waals surface area contributed by atoms with Crippen molar-refractivity contribution in [2.75, 3.05) is 7.11 Å². The molecule has 0 bridgehead atoms. The maximum absolute atomic E-state index is 12.6. The molecule has 9 heteroatoms. The first-order valence-electron chi connectivity index (χ1n) is 8.14. The van der Waals surface area contributed by atoms with Crippen molar-refractivity contribution in [2.45, 2.75) is 65.2 Å². The lowest BCUT2D eigenvalue weighted by Gasteiger charge is -2.32. The van der Waals surface area contributed by atoms with Gasteiger partial charge in [-0.1, -0.05) is 0 Å². The average Bonchev–Trinajstić information content (AvgIpc) is 2.94. The van der Waals surface area contributed by atoms with Crippen LogP contribution in [0, 0.1) is 0 Å². The summed E-state index contributed by atoms with van der Waals surface area (Å²) in [5.41, 5.74) is -1.20. The molecule has 1 N–H and O–H groups in total. The Morgan fingerprint density at radius 1 is 1.08 bits per heavy atom. The number of amides is 2. The summed E-state index contributed by atoms with van der Waals surface area (Å²) in [5.74, 6) is -0.781. The summed E-state index contributed by atoms with van der Waals surface area (Å²) >= 11 is 0. The monoisotopic (exact) mass is 369 g/mol. The molecule has 146 valence electrons. The Hall–Kier alpha value is -2.58. The molecule has 0 aromatic carbocycles. The fourth-order valence-corrected chi connectivity index (χ4v) is 1.97. The van der Waals surface area contributed by atoms with E-state index in [1.54, 1.807) is 41.5 Å². The van der Waals surface area contributed by atoms with Crippen LogP contribution in [0.1, 0.15) is 47.2 Å². The van der Waals surface area contributed by atoms with E-state index in [0.29, 0.717) is 10.6 Å². The third kappa shape index (κ3) is 6.73. The van der Waals surface area contributed by atoms with E-state index in [-0.39, 0.29) is 6.42 Å². The van der Waals surface area contributed by atoms with E-state index >= 15 is 0 Å². The Kier molecular flexibility index (Phi) is 6.77. The number of hydrogen-bond acceptors (Lipinski definition) is 7. The van der Waals surface area contributed by atoms with E-state index in [4.69, 9.17) is 14.2 Å². The number of H-pyrrole nitrogens is 1. The van der Waals surface area contributed by atoms with E-state index < -0.39 is 35.4 Å². The summed E-state index contributed by atoms with van der Waals surface area (Å²) in [6.45, 7) is 9.92. The molecule has 9 nitrogen and oxygen atoms in total. The lowest BCUT2D eigenvalue weighted by Crippen LogP contribution is -2.53. The van der Waals surface area contributed by atoms with Crippen molar-refractivity contribution in [1.82, 2.24) is 14.9 Å². The van der Waals surface area contributed by atoms with Crippen LogP contribution in [0.15, 0.2) is 12.5 Å². The summed E-state index contributed by atoms with van der Waals surface area (Å²) < 4.78 is 15.3. The number of nitrogens with one attached hydrogen (secondary N) is 1. The first-order valence-corrected chi connectivity index (χ1v) is 8.14. The van der Waals surface area contributed by atoms with Gasteiger partial charge in [-0.05, 0) is 41.5 Å². The fraction of sp³-hybridized carbons (Fsp3) is 0.647. The highest BCUT2D eigenvalue weighted by Gasteiger charge is 2.41.